The van der Waals surface area contributed by atoms with E-state index in [1.807, 2.05) is 6.92 Å². The largest absolute Gasteiger partial charge is 0.326 e. The lowest BCUT2D eigenvalue weighted by atomic mass is 10.3. The number of carbonyl (C=O) groups excluding carboxylic acids is 1. The molecule has 0 unspecified atom stereocenters. The zero-order chi connectivity index (χ0) is 14.1. The van der Waals surface area contributed by atoms with Crippen LogP contribution in [0.25, 0.3) is 6.20 Å². The lowest BCUT2D eigenvalue weighted by Crippen LogP contribution is -2.20. The van der Waals surface area contributed by atoms with Gasteiger partial charge in [0, 0.05) is 11.9 Å². The molecule has 0 fully saturated rings. The minimum Gasteiger partial charge on any atom is -0.326 e. The molecule has 0 radical (unpaired) electrons. The highest BCUT2D eigenvalue weighted by Crippen LogP contribution is 2.18. The van der Waals surface area contributed by atoms with E-state index >= 15 is 0 Å². The molecule has 0 atom stereocenters. The van der Waals surface area contributed by atoms with Gasteiger partial charge in [0.15, 0.2) is 5.82 Å². The van der Waals surface area contributed by atoms with E-state index in [9.17, 15) is 4.79 Å². The van der Waals surface area contributed by atoms with Gasteiger partial charge in [-0.3, -0.25) is 4.79 Å². The first-order valence-electron chi connectivity index (χ1n) is 5.22. The molecule has 0 saturated carbocycles. The van der Waals surface area contributed by atoms with Crippen LogP contribution in [0, 0.1) is 0 Å². The van der Waals surface area contributed by atoms with Crippen LogP contribution >= 0.6 is 0 Å². The van der Waals surface area contributed by atoms with Crippen molar-refractivity contribution in [3.8, 4) is 0 Å². The topological polar surface area (TPSA) is 59.3 Å². The third kappa shape index (κ3) is 4.21. The third-order valence-corrected chi connectivity index (χ3v) is 1.66. The average Bonchev–Trinajstić information content (AvgIpc) is 2.71. The molecule has 5 nitrogen and oxygen atoms in total. The van der Waals surface area contributed by atoms with Crippen molar-refractivity contribution in [2.24, 2.45) is 4.99 Å². The quantitative estimate of drug-likeness (QED) is 0.656. The summed E-state index contributed by atoms with van der Waals surface area (Å²) in [6, 6.07) is 0. The molecule has 0 aliphatic rings. The number of allylic oxidation sites excluding steroid dienone is 2. The Morgan fingerprint density at radius 2 is 2.11 bits per heavy atom. The number of carbonyl (C=O) groups is 1. The Labute approximate surface area is 107 Å². The maximum Gasteiger partial charge on any atom is 0.260 e. The minimum absolute atomic E-state index is 0.307. The van der Waals surface area contributed by atoms with Crippen molar-refractivity contribution in [2.45, 2.75) is 13.8 Å². The Balaban J connectivity index is 0.000000873. The molecular weight excluding hydrogens is 228 g/mol. The van der Waals surface area contributed by atoms with Crippen molar-refractivity contribution in [3.05, 3.63) is 43.3 Å². The molecular formula is C13H18N4O. The van der Waals surface area contributed by atoms with Crippen molar-refractivity contribution >= 4 is 24.6 Å². The summed E-state index contributed by atoms with van der Waals surface area (Å²) >= 11 is 0. The fourth-order valence-electron chi connectivity index (χ4n) is 1.07. The van der Waals surface area contributed by atoms with Crippen LogP contribution in [0.1, 0.15) is 24.2 Å². The van der Waals surface area contributed by atoms with Crippen molar-refractivity contribution < 1.29 is 4.79 Å². The first-order chi connectivity index (χ1) is 8.51. The molecule has 5 heteroatoms. The van der Waals surface area contributed by atoms with Gasteiger partial charge in [-0.15, -0.1) is 6.58 Å². The summed E-state index contributed by atoms with van der Waals surface area (Å²) in [6.45, 7) is 17.4. The highest BCUT2D eigenvalue weighted by Gasteiger charge is 2.15. The highest BCUT2D eigenvalue weighted by molar-refractivity contribution is 5.99. The van der Waals surface area contributed by atoms with Crippen LogP contribution < -0.4 is 5.32 Å². The van der Waals surface area contributed by atoms with Crippen molar-refractivity contribution in [2.75, 3.05) is 0 Å². The van der Waals surface area contributed by atoms with Crippen LogP contribution in [0.3, 0.4) is 0 Å². The third-order valence-electron chi connectivity index (χ3n) is 1.66. The maximum atomic E-state index is 11.6. The zero-order valence-electron chi connectivity index (χ0n) is 10.8. The summed E-state index contributed by atoms with van der Waals surface area (Å²) in [5.74, 6) is 0.0572. The van der Waals surface area contributed by atoms with Gasteiger partial charge >= 0.3 is 0 Å². The van der Waals surface area contributed by atoms with E-state index in [0.29, 0.717) is 17.1 Å². The summed E-state index contributed by atoms with van der Waals surface area (Å²) in [5, 5.41) is 6.47. The first kappa shape index (κ1) is 15.6. The molecule has 1 rings (SSSR count). The molecule has 0 aromatic carbocycles. The van der Waals surface area contributed by atoms with Gasteiger partial charge in [0.2, 0.25) is 0 Å². The summed E-state index contributed by atoms with van der Waals surface area (Å²) in [7, 11) is 0. The fraction of sp³-hybridized carbons (Fsp3) is 0.154. The average molecular weight is 246 g/mol. The molecule has 0 spiro atoms. The Hall–Kier alpha value is -2.43. The van der Waals surface area contributed by atoms with Crippen molar-refractivity contribution in [1.29, 1.82) is 0 Å². The summed E-state index contributed by atoms with van der Waals surface area (Å²) in [5.41, 5.74) is 0.897. The number of amides is 1. The molecule has 1 aromatic rings. The van der Waals surface area contributed by atoms with Gasteiger partial charge in [-0.25, -0.2) is 9.67 Å². The molecule has 96 valence electrons. The molecule has 0 bridgehead atoms. The van der Waals surface area contributed by atoms with Gasteiger partial charge in [-0.1, -0.05) is 19.2 Å². The number of aliphatic imine (C=N–C) groups is 1. The van der Waals surface area contributed by atoms with E-state index in [1.54, 1.807) is 13.0 Å². The molecule has 18 heavy (non-hydrogen) atoms. The second kappa shape index (κ2) is 7.78. The van der Waals surface area contributed by atoms with Crippen LogP contribution in [0.4, 0.5) is 5.82 Å². The summed E-state index contributed by atoms with van der Waals surface area (Å²) in [6.07, 6.45) is 4.60. The molecule has 0 aliphatic carbocycles. The standard InChI is InChI=1S/C10H12N4O.C3H6/c1-5-14-9(11-4)8(6-12-14)10(15)13-7(2)3;1-3-2/h5-6H,1-2,4H2,3H3,(H,13,15);3H,1H2,2H3. The molecule has 1 amide bonds. The Morgan fingerprint density at radius 3 is 2.50 bits per heavy atom. The summed E-state index contributed by atoms with van der Waals surface area (Å²) < 4.78 is 1.38. The van der Waals surface area contributed by atoms with E-state index in [-0.39, 0.29) is 5.91 Å². The van der Waals surface area contributed by atoms with Gasteiger partial charge in [0.25, 0.3) is 5.91 Å². The second-order valence-electron chi connectivity index (χ2n) is 3.31. The second-order valence-corrected chi connectivity index (χ2v) is 3.31. The summed E-state index contributed by atoms with van der Waals surface area (Å²) in [4.78, 5) is 15.3. The molecule has 1 aromatic heterocycles. The highest BCUT2D eigenvalue weighted by atomic mass is 16.1. The van der Waals surface area contributed by atoms with Gasteiger partial charge < -0.3 is 5.32 Å². The number of nitrogens with one attached hydrogen (secondary N) is 1. The van der Waals surface area contributed by atoms with Crippen LogP contribution in [0.2, 0.25) is 0 Å². The Morgan fingerprint density at radius 1 is 1.56 bits per heavy atom. The van der Waals surface area contributed by atoms with Crippen LogP contribution in [0.5, 0.6) is 0 Å². The zero-order valence-corrected chi connectivity index (χ0v) is 10.8. The SMILES string of the molecule is C=CC.C=Cn1ncc(C(=O)NC(=C)C)c1N=C. The van der Waals surface area contributed by atoms with Gasteiger partial charge in [-0.2, -0.15) is 5.10 Å². The lowest BCUT2D eigenvalue weighted by molar-refractivity contribution is 0.0967. The number of rotatable bonds is 4. The molecule has 0 aliphatic heterocycles. The maximum absolute atomic E-state index is 11.6. The monoisotopic (exact) mass is 246 g/mol. The van der Waals surface area contributed by atoms with E-state index in [0.717, 1.165) is 0 Å². The Bertz CT molecular complexity index is 471. The van der Waals surface area contributed by atoms with Crippen LogP contribution in [0.15, 0.2) is 42.7 Å². The normalized spacial score (nSPS) is 8.56. The number of aromatic nitrogens is 2. The lowest BCUT2D eigenvalue weighted by Gasteiger charge is -2.02. The van der Waals surface area contributed by atoms with E-state index < -0.39 is 0 Å². The first-order valence-corrected chi connectivity index (χ1v) is 5.22. The molecule has 1 heterocycles. The van der Waals surface area contributed by atoms with E-state index in [4.69, 9.17) is 0 Å². The van der Waals surface area contributed by atoms with Gasteiger partial charge in [0.05, 0.1) is 6.20 Å². The number of hydrogen-bond acceptors (Lipinski definition) is 3. The van der Waals surface area contributed by atoms with Crippen molar-refractivity contribution in [1.82, 2.24) is 15.1 Å². The number of hydrogen-bond donors (Lipinski definition) is 1. The van der Waals surface area contributed by atoms with Crippen LogP contribution in [-0.2, 0) is 0 Å². The number of nitrogens with zero attached hydrogens (tertiary/aromatic N) is 3. The predicted octanol–water partition coefficient (Wildman–Crippen LogP) is 2.77. The van der Waals surface area contributed by atoms with Gasteiger partial charge in [-0.05, 0) is 20.6 Å². The Kier molecular flexibility index (Phi) is 6.73. The smallest absolute Gasteiger partial charge is 0.260 e. The predicted molar refractivity (Wildman–Crippen MR) is 76.0 cm³/mol. The van der Waals surface area contributed by atoms with Gasteiger partial charge in [0.1, 0.15) is 5.56 Å². The van der Waals surface area contributed by atoms with Crippen LogP contribution in [-0.4, -0.2) is 22.4 Å². The molecule has 0 saturated heterocycles. The minimum atomic E-state index is -0.307. The fourth-order valence-corrected chi connectivity index (χ4v) is 1.07. The van der Waals surface area contributed by atoms with E-state index in [1.165, 1.54) is 17.1 Å². The van der Waals surface area contributed by atoms with E-state index in [2.05, 4.69) is 41.9 Å². The van der Waals surface area contributed by atoms with Crippen molar-refractivity contribution in [3.63, 3.8) is 0 Å². The molecule has 1 N–H and O–H groups in total.